The number of alkyl halides is 4. The van der Waals surface area contributed by atoms with Crippen molar-refractivity contribution < 1.29 is 13.2 Å². The van der Waals surface area contributed by atoms with Crippen molar-refractivity contribution in [3.8, 4) is 0 Å². The molecule has 110 valence electrons. The van der Waals surface area contributed by atoms with E-state index in [0.29, 0.717) is 23.8 Å². The van der Waals surface area contributed by atoms with Gasteiger partial charge in [-0.1, -0.05) is 0 Å². The molecule has 0 fully saturated rings. The Morgan fingerprint density at radius 1 is 1.40 bits per heavy atom. The highest BCUT2D eigenvalue weighted by Gasteiger charge is 2.27. The van der Waals surface area contributed by atoms with Crippen LogP contribution in [0.4, 0.5) is 13.2 Å². The number of imidazole rings is 1. The molecular weight excluding hydrogens is 311 g/mol. The van der Waals surface area contributed by atoms with E-state index in [-0.39, 0.29) is 24.1 Å². The first kappa shape index (κ1) is 15.4. The molecule has 0 aromatic carbocycles. The Balaban J connectivity index is 2.29. The third kappa shape index (κ3) is 3.58. The van der Waals surface area contributed by atoms with Crippen molar-refractivity contribution in [3.05, 3.63) is 23.7 Å². The lowest BCUT2D eigenvalue weighted by Gasteiger charge is -2.09. The van der Waals surface area contributed by atoms with E-state index in [4.69, 9.17) is 11.6 Å². The van der Waals surface area contributed by atoms with Crippen LogP contribution in [0.2, 0.25) is 0 Å². The number of fused-ring (bicyclic) bond motifs is 1. The molecule has 2 rings (SSSR count). The molecule has 8 heteroatoms. The van der Waals surface area contributed by atoms with Crippen LogP contribution in [-0.2, 0) is 13.0 Å². The Bertz CT molecular complexity index is 597. The summed E-state index contributed by atoms with van der Waals surface area (Å²) in [5, 5.41) is 0. The molecule has 0 atom stereocenters. The second-order valence-corrected chi connectivity index (χ2v) is 5.75. The molecule has 0 unspecified atom stereocenters. The summed E-state index contributed by atoms with van der Waals surface area (Å²) in [6.45, 7) is 2.11. The summed E-state index contributed by atoms with van der Waals surface area (Å²) in [7, 11) is 0. The Hall–Kier alpha value is -0.950. The summed E-state index contributed by atoms with van der Waals surface area (Å²) in [4.78, 5) is 8.67. The van der Waals surface area contributed by atoms with Gasteiger partial charge in [-0.25, -0.2) is 9.97 Å². The second kappa shape index (κ2) is 6.22. The van der Waals surface area contributed by atoms with Crippen molar-refractivity contribution in [3.63, 3.8) is 0 Å². The van der Waals surface area contributed by atoms with Gasteiger partial charge in [-0.05, 0) is 30.3 Å². The highest BCUT2D eigenvalue weighted by molar-refractivity contribution is 8.00. The molecule has 0 N–H and O–H groups in total. The number of hydrogen-bond donors (Lipinski definition) is 0. The maximum Gasteiger partial charge on any atom is 0.441 e. The van der Waals surface area contributed by atoms with Gasteiger partial charge in [0.05, 0.1) is 0 Å². The monoisotopic (exact) mass is 323 g/mol. The van der Waals surface area contributed by atoms with Gasteiger partial charge in [-0.15, -0.1) is 11.6 Å². The highest BCUT2D eigenvalue weighted by Crippen LogP contribution is 2.30. The van der Waals surface area contributed by atoms with Gasteiger partial charge >= 0.3 is 5.51 Å². The van der Waals surface area contributed by atoms with Crippen LogP contribution < -0.4 is 0 Å². The molecule has 0 radical (unpaired) electrons. The molecule has 0 saturated heterocycles. The van der Waals surface area contributed by atoms with Gasteiger partial charge in [0.1, 0.15) is 11.3 Å². The molecule has 20 heavy (non-hydrogen) atoms. The molecular formula is C12H13ClF3N3S. The minimum absolute atomic E-state index is 0.0380. The van der Waals surface area contributed by atoms with Crippen LogP contribution in [0.25, 0.3) is 11.2 Å². The van der Waals surface area contributed by atoms with Crippen molar-refractivity contribution in [1.82, 2.24) is 14.5 Å². The van der Waals surface area contributed by atoms with E-state index < -0.39 is 5.51 Å². The summed E-state index contributed by atoms with van der Waals surface area (Å²) in [5.74, 6) is 0.980. The number of nitrogens with zero attached hydrogens (tertiary/aromatic N) is 3. The average molecular weight is 324 g/mol. The van der Waals surface area contributed by atoms with Gasteiger partial charge in [0.25, 0.3) is 0 Å². The smallest absolute Gasteiger partial charge is 0.312 e. The summed E-state index contributed by atoms with van der Waals surface area (Å²) < 4.78 is 38.4. The molecule has 0 spiro atoms. The average Bonchev–Trinajstić information content (AvgIpc) is 2.69. The third-order valence-corrected chi connectivity index (χ3v) is 3.72. The van der Waals surface area contributed by atoms with Crippen LogP contribution in [0.5, 0.6) is 0 Å². The maximum absolute atomic E-state index is 12.2. The van der Waals surface area contributed by atoms with Gasteiger partial charge in [0.2, 0.25) is 0 Å². The van der Waals surface area contributed by atoms with E-state index in [1.165, 1.54) is 0 Å². The summed E-state index contributed by atoms with van der Waals surface area (Å²) in [5.41, 5.74) is -1.92. The Labute approximate surface area is 123 Å². The number of thioether (sulfide) groups is 1. The number of aryl methyl sites for hydroxylation is 3. The molecule has 0 aliphatic heterocycles. The fourth-order valence-corrected chi connectivity index (χ4v) is 2.62. The van der Waals surface area contributed by atoms with E-state index in [1.807, 2.05) is 13.0 Å². The number of hydrogen-bond acceptors (Lipinski definition) is 3. The van der Waals surface area contributed by atoms with Crippen molar-refractivity contribution in [1.29, 1.82) is 0 Å². The SMILES string of the molecule is Cc1ccnc2c1nc(CCCl)n2CCSC(F)(F)F. The van der Waals surface area contributed by atoms with Crippen molar-refractivity contribution in [2.75, 3.05) is 11.6 Å². The lowest BCUT2D eigenvalue weighted by molar-refractivity contribution is -0.0328. The Morgan fingerprint density at radius 2 is 2.15 bits per heavy atom. The lowest BCUT2D eigenvalue weighted by Crippen LogP contribution is -2.10. The van der Waals surface area contributed by atoms with Crippen molar-refractivity contribution in [2.24, 2.45) is 0 Å². The first-order valence-electron chi connectivity index (χ1n) is 6.00. The molecule has 2 heterocycles. The van der Waals surface area contributed by atoms with Crippen molar-refractivity contribution >= 4 is 34.5 Å². The summed E-state index contributed by atoms with van der Waals surface area (Å²) in [6.07, 6.45) is 2.14. The largest absolute Gasteiger partial charge is 0.441 e. The molecule has 2 aromatic heterocycles. The summed E-state index contributed by atoms with van der Waals surface area (Å²) >= 11 is 5.69. The van der Waals surface area contributed by atoms with E-state index in [1.54, 1.807) is 10.8 Å². The van der Waals surface area contributed by atoms with Gasteiger partial charge in [0.15, 0.2) is 5.65 Å². The normalized spacial score (nSPS) is 12.2. The zero-order valence-electron chi connectivity index (χ0n) is 10.7. The van der Waals surface area contributed by atoms with Crippen LogP contribution in [0.15, 0.2) is 12.3 Å². The zero-order chi connectivity index (χ0) is 14.8. The first-order chi connectivity index (χ1) is 9.42. The van der Waals surface area contributed by atoms with E-state index >= 15 is 0 Å². The fourth-order valence-electron chi connectivity index (χ4n) is 1.95. The second-order valence-electron chi connectivity index (χ2n) is 4.21. The minimum atomic E-state index is -4.22. The molecule has 2 aromatic rings. The van der Waals surface area contributed by atoms with Gasteiger partial charge < -0.3 is 4.57 Å². The molecule has 0 saturated carbocycles. The van der Waals surface area contributed by atoms with Crippen molar-refractivity contribution in [2.45, 2.75) is 25.4 Å². The van der Waals surface area contributed by atoms with Crippen LogP contribution in [-0.4, -0.2) is 31.7 Å². The number of rotatable bonds is 5. The van der Waals surface area contributed by atoms with E-state index in [2.05, 4.69) is 9.97 Å². The highest BCUT2D eigenvalue weighted by atomic mass is 35.5. The fraction of sp³-hybridized carbons (Fsp3) is 0.500. The molecule has 0 amide bonds. The van der Waals surface area contributed by atoms with E-state index in [9.17, 15) is 13.2 Å². The van der Waals surface area contributed by atoms with E-state index in [0.717, 1.165) is 11.1 Å². The van der Waals surface area contributed by atoms with Crippen LogP contribution in [0, 0.1) is 6.92 Å². The predicted molar refractivity (Wildman–Crippen MR) is 75.2 cm³/mol. The Morgan fingerprint density at radius 3 is 2.80 bits per heavy atom. The van der Waals surface area contributed by atoms with Crippen LogP contribution in [0.1, 0.15) is 11.4 Å². The number of halogens is 4. The summed E-state index contributed by atoms with van der Waals surface area (Å²) in [6, 6.07) is 1.83. The molecule has 0 bridgehead atoms. The van der Waals surface area contributed by atoms with Crippen LogP contribution >= 0.6 is 23.4 Å². The zero-order valence-corrected chi connectivity index (χ0v) is 12.3. The minimum Gasteiger partial charge on any atom is -0.312 e. The standard InChI is InChI=1S/C12H13ClF3N3S/c1-8-3-5-17-11-10(8)18-9(2-4-13)19(11)6-7-20-12(14,15)16/h3,5H,2,4,6-7H2,1H3. The van der Waals surface area contributed by atoms with Gasteiger partial charge in [0, 0.05) is 30.8 Å². The quantitative estimate of drug-likeness (QED) is 0.785. The number of pyridine rings is 1. The molecule has 3 nitrogen and oxygen atoms in total. The first-order valence-corrected chi connectivity index (χ1v) is 7.52. The topological polar surface area (TPSA) is 30.7 Å². The van der Waals surface area contributed by atoms with Gasteiger partial charge in [-0.2, -0.15) is 13.2 Å². The predicted octanol–water partition coefficient (Wildman–Crippen LogP) is 3.77. The molecule has 0 aliphatic rings. The maximum atomic E-state index is 12.2. The Kier molecular flexibility index (Phi) is 4.80. The third-order valence-electron chi connectivity index (χ3n) is 2.81. The molecule has 0 aliphatic carbocycles. The number of aromatic nitrogens is 3. The lowest BCUT2D eigenvalue weighted by atomic mass is 10.3. The van der Waals surface area contributed by atoms with Gasteiger partial charge in [-0.3, -0.25) is 0 Å². The van der Waals surface area contributed by atoms with Crippen LogP contribution in [0.3, 0.4) is 0 Å².